The van der Waals surface area contributed by atoms with Crippen LogP contribution in [0.15, 0.2) is 30.5 Å². The molecule has 0 fully saturated rings. The fraction of sp³-hybridized carbons (Fsp3) is 0.438. The molecule has 0 saturated carbocycles. The first-order valence-corrected chi connectivity index (χ1v) is 7.12. The molecule has 0 bridgehead atoms. The van der Waals surface area contributed by atoms with Crippen LogP contribution in [0.1, 0.15) is 39.5 Å². The highest BCUT2D eigenvalue weighted by molar-refractivity contribution is 5.98. The summed E-state index contributed by atoms with van der Waals surface area (Å²) >= 11 is 0. The number of nitrogens with one attached hydrogen (secondary N) is 1. The standard InChI is InChI=1S/C16H23N3/c1-3-4-5-7-12(2)19-15-10-9-14(17)16-13(15)8-6-11-18-16/h6,8-12,19H,3-5,7,17H2,1-2H3. The van der Waals surface area contributed by atoms with Crippen LogP contribution in [-0.4, -0.2) is 11.0 Å². The minimum absolute atomic E-state index is 0.471. The molecule has 0 saturated heterocycles. The topological polar surface area (TPSA) is 50.9 Å². The van der Waals surface area contributed by atoms with E-state index in [1.54, 1.807) is 6.20 Å². The Hall–Kier alpha value is -1.77. The van der Waals surface area contributed by atoms with Gasteiger partial charge in [-0.3, -0.25) is 4.98 Å². The van der Waals surface area contributed by atoms with E-state index in [9.17, 15) is 0 Å². The summed E-state index contributed by atoms with van der Waals surface area (Å²) in [5.74, 6) is 0. The molecule has 3 heteroatoms. The van der Waals surface area contributed by atoms with Crippen LogP contribution in [-0.2, 0) is 0 Å². The number of unbranched alkanes of at least 4 members (excludes halogenated alkanes) is 2. The van der Waals surface area contributed by atoms with Gasteiger partial charge in [-0.2, -0.15) is 0 Å². The number of hydrogen-bond acceptors (Lipinski definition) is 3. The lowest BCUT2D eigenvalue weighted by Crippen LogP contribution is -2.15. The molecule has 2 aromatic rings. The normalized spacial score (nSPS) is 12.5. The summed E-state index contributed by atoms with van der Waals surface area (Å²) in [4.78, 5) is 4.36. The van der Waals surface area contributed by atoms with Gasteiger partial charge in [-0.25, -0.2) is 0 Å². The zero-order chi connectivity index (χ0) is 13.7. The molecule has 2 rings (SSSR count). The first kappa shape index (κ1) is 13.7. The van der Waals surface area contributed by atoms with Gasteiger partial charge in [0, 0.05) is 23.3 Å². The SMILES string of the molecule is CCCCCC(C)Nc1ccc(N)c2ncccc12. The molecular weight excluding hydrogens is 234 g/mol. The van der Waals surface area contributed by atoms with Crippen molar-refractivity contribution in [1.82, 2.24) is 4.98 Å². The Morgan fingerprint density at radius 2 is 2.11 bits per heavy atom. The summed E-state index contributed by atoms with van der Waals surface area (Å²) in [6, 6.07) is 8.47. The molecule has 1 unspecified atom stereocenters. The van der Waals surface area contributed by atoms with Crippen molar-refractivity contribution in [2.75, 3.05) is 11.1 Å². The Bertz CT molecular complexity index is 537. The molecule has 19 heavy (non-hydrogen) atoms. The van der Waals surface area contributed by atoms with E-state index in [1.165, 1.54) is 25.7 Å². The van der Waals surface area contributed by atoms with Crippen molar-refractivity contribution < 1.29 is 0 Å². The number of nitrogen functional groups attached to an aromatic ring is 1. The third-order valence-corrected chi connectivity index (χ3v) is 3.44. The van der Waals surface area contributed by atoms with Crippen molar-refractivity contribution in [3.05, 3.63) is 30.5 Å². The molecule has 0 amide bonds. The van der Waals surface area contributed by atoms with E-state index in [1.807, 2.05) is 12.1 Å². The maximum atomic E-state index is 5.96. The largest absolute Gasteiger partial charge is 0.397 e. The summed E-state index contributed by atoms with van der Waals surface area (Å²) in [6.45, 7) is 4.46. The number of benzene rings is 1. The van der Waals surface area contributed by atoms with Crippen molar-refractivity contribution in [3.8, 4) is 0 Å². The smallest absolute Gasteiger partial charge is 0.0951 e. The molecule has 1 aromatic heterocycles. The quantitative estimate of drug-likeness (QED) is 0.602. The highest BCUT2D eigenvalue weighted by atomic mass is 14.9. The zero-order valence-corrected chi connectivity index (χ0v) is 11.8. The van der Waals surface area contributed by atoms with Gasteiger partial charge in [0.15, 0.2) is 0 Å². The predicted octanol–water partition coefficient (Wildman–Crippen LogP) is 4.20. The molecule has 1 heterocycles. The van der Waals surface area contributed by atoms with Crippen LogP contribution in [0.4, 0.5) is 11.4 Å². The molecule has 3 nitrogen and oxygen atoms in total. The number of nitrogens with two attached hydrogens (primary N) is 1. The van der Waals surface area contributed by atoms with Crippen molar-refractivity contribution in [1.29, 1.82) is 0 Å². The lowest BCUT2D eigenvalue weighted by atomic mass is 10.1. The number of nitrogens with zero attached hydrogens (tertiary/aromatic N) is 1. The molecule has 102 valence electrons. The van der Waals surface area contributed by atoms with E-state index < -0.39 is 0 Å². The maximum absolute atomic E-state index is 5.96. The van der Waals surface area contributed by atoms with E-state index in [0.717, 1.165) is 22.3 Å². The van der Waals surface area contributed by atoms with Gasteiger partial charge in [0.1, 0.15) is 0 Å². The van der Waals surface area contributed by atoms with Gasteiger partial charge in [0.25, 0.3) is 0 Å². The third kappa shape index (κ3) is 3.37. The average Bonchev–Trinajstić information content (AvgIpc) is 2.43. The summed E-state index contributed by atoms with van der Waals surface area (Å²) in [7, 11) is 0. The Morgan fingerprint density at radius 1 is 1.26 bits per heavy atom. The van der Waals surface area contributed by atoms with Gasteiger partial charge in [-0.05, 0) is 37.6 Å². The predicted molar refractivity (Wildman–Crippen MR) is 83.4 cm³/mol. The average molecular weight is 257 g/mol. The van der Waals surface area contributed by atoms with E-state index >= 15 is 0 Å². The number of aromatic nitrogens is 1. The Balaban J connectivity index is 2.14. The van der Waals surface area contributed by atoms with E-state index in [2.05, 4.69) is 36.3 Å². The van der Waals surface area contributed by atoms with E-state index in [-0.39, 0.29) is 0 Å². The second-order valence-electron chi connectivity index (χ2n) is 5.14. The summed E-state index contributed by atoms with van der Waals surface area (Å²) < 4.78 is 0. The molecule has 3 N–H and O–H groups in total. The number of pyridine rings is 1. The van der Waals surface area contributed by atoms with E-state index in [0.29, 0.717) is 6.04 Å². The van der Waals surface area contributed by atoms with Crippen molar-refractivity contribution in [3.63, 3.8) is 0 Å². The molecule has 1 atom stereocenters. The van der Waals surface area contributed by atoms with Gasteiger partial charge < -0.3 is 11.1 Å². The fourth-order valence-corrected chi connectivity index (χ4v) is 2.36. The van der Waals surface area contributed by atoms with Gasteiger partial charge in [0.05, 0.1) is 11.2 Å². The number of hydrogen-bond donors (Lipinski definition) is 2. The lowest BCUT2D eigenvalue weighted by molar-refractivity contribution is 0.615. The third-order valence-electron chi connectivity index (χ3n) is 3.44. The fourth-order valence-electron chi connectivity index (χ4n) is 2.36. The van der Waals surface area contributed by atoms with Crippen LogP contribution >= 0.6 is 0 Å². The Morgan fingerprint density at radius 3 is 2.89 bits per heavy atom. The first-order valence-electron chi connectivity index (χ1n) is 7.12. The molecular formula is C16H23N3. The van der Waals surface area contributed by atoms with Crippen LogP contribution in [0.25, 0.3) is 10.9 Å². The first-order chi connectivity index (χ1) is 9.22. The van der Waals surface area contributed by atoms with Crippen LogP contribution < -0.4 is 11.1 Å². The van der Waals surface area contributed by atoms with Gasteiger partial charge in [-0.1, -0.05) is 26.2 Å². The summed E-state index contributed by atoms with van der Waals surface area (Å²) in [5.41, 5.74) is 8.71. The maximum Gasteiger partial charge on any atom is 0.0951 e. The minimum Gasteiger partial charge on any atom is -0.397 e. The van der Waals surface area contributed by atoms with Gasteiger partial charge in [-0.15, -0.1) is 0 Å². The minimum atomic E-state index is 0.471. The second kappa shape index (κ2) is 6.41. The molecule has 0 aliphatic heterocycles. The van der Waals surface area contributed by atoms with Crippen LogP contribution in [0.3, 0.4) is 0 Å². The van der Waals surface area contributed by atoms with Crippen molar-refractivity contribution >= 4 is 22.3 Å². The Kier molecular flexibility index (Phi) is 4.61. The number of rotatable bonds is 6. The van der Waals surface area contributed by atoms with Crippen molar-refractivity contribution in [2.24, 2.45) is 0 Å². The summed E-state index contributed by atoms with van der Waals surface area (Å²) in [5, 5.41) is 4.68. The van der Waals surface area contributed by atoms with Crippen LogP contribution in [0.5, 0.6) is 0 Å². The highest BCUT2D eigenvalue weighted by Gasteiger charge is 2.07. The molecule has 0 spiro atoms. The summed E-state index contributed by atoms with van der Waals surface area (Å²) in [6.07, 6.45) is 6.82. The molecule has 0 aliphatic carbocycles. The number of fused-ring (bicyclic) bond motifs is 1. The van der Waals surface area contributed by atoms with Crippen LogP contribution in [0, 0.1) is 0 Å². The zero-order valence-electron chi connectivity index (χ0n) is 11.8. The molecule has 0 aliphatic rings. The van der Waals surface area contributed by atoms with Gasteiger partial charge >= 0.3 is 0 Å². The second-order valence-corrected chi connectivity index (χ2v) is 5.14. The molecule has 0 radical (unpaired) electrons. The number of anilines is 2. The van der Waals surface area contributed by atoms with Crippen molar-refractivity contribution in [2.45, 2.75) is 45.6 Å². The van der Waals surface area contributed by atoms with E-state index in [4.69, 9.17) is 5.73 Å². The van der Waals surface area contributed by atoms with Crippen LogP contribution in [0.2, 0.25) is 0 Å². The Labute approximate surface area is 115 Å². The molecule has 1 aromatic carbocycles. The van der Waals surface area contributed by atoms with Gasteiger partial charge in [0.2, 0.25) is 0 Å². The lowest BCUT2D eigenvalue weighted by Gasteiger charge is -2.17. The highest BCUT2D eigenvalue weighted by Crippen LogP contribution is 2.27. The monoisotopic (exact) mass is 257 g/mol.